The first-order valence-electron chi connectivity index (χ1n) is 5.54. The highest BCUT2D eigenvalue weighted by atomic mass is 16.3. The molecule has 0 unspecified atom stereocenters. The standard InChI is InChI=1S/C13H13N3O/c1-2-6-15(5-1)10-13-8-12(11-17-13)9-16-7-3-4-14-16/h1-8,11H,9-10H2. The molecule has 3 aromatic heterocycles. The monoisotopic (exact) mass is 227 g/mol. The SMILES string of the molecule is c1ccn(Cc2cc(Cn3cccn3)co2)c1. The van der Waals surface area contributed by atoms with E-state index in [1.54, 1.807) is 12.5 Å². The third-order valence-electron chi connectivity index (χ3n) is 2.62. The second-order valence-electron chi connectivity index (χ2n) is 3.98. The summed E-state index contributed by atoms with van der Waals surface area (Å²) in [5.74, 6) is 0.961. The molecule has 0 saturated carbocycles. The molecule has 0 bridgehead atoms. The van der Waals surface area contributed by atoms with Gasteiger partial charge >= 0.3 is 0 Å². The zero-order chi connectivity index (χ0) is 11.5. The molecule has 3 rings (SSSR count). The van der Waals surface area contributed by atoms with Gasteiger partial charge in [0, 0.05) is 30.4 Å². The molecule has 0 radical (unpaired) electrons. The Morgan fingerprint density at radius 3 is 2.71 bits per heavy atom. The van der Waals surface area contributed by atoms with E-state index in [9.17, 15) is 0 Å². The van der Waals surface area contributed by atoms with Crippen molar-refractivity contribution in [2.45, 2.75) is 13.1 Å². The predicted octanol–water partition coefficient (Wildman–Crippen LogP) is 2.37. The first-order valence-corrected chi connectivity index (χ1v) is 5.54. The highest BCUT2D eigenvalue weighted by molar-refractivity contribution is 5.14. The molecular weight excluding hydrogens is 214 g/mol. The Balaban J connectivity index is 1.70. The largest absolute Gasteiger partial charge is 0.467 e. The Hall–Kier alpha value is -2.23. The molecule has 0 amide bonds. The van der Waals surface area contributed by atoms with Gasteiger partial charge in [0.25, 0.3) is 0 Å². The van der Waals surface area contributed by atoms with Crippen molar-refractivity contribution >= 4 is 0 Å². The fourth-order valence-electron chi connectivity index (χ4n) is 1.83. The first kappa shape index (κ1) is 9.96. The van der Waals surface area contributed by atoms with Gasteiger partial charge in [-0.05, 0) is 24.3 Å². The highest BCUT2D eigenvalue weighted by Gasteiger charge is 2.03. The molecule has 3 heterocycles. The van der Waals surface area contributed by atoms with Crippen molar-refractivity contribution in [3.63, 3.8) is 0 Å². The van der Waals surface area contributed by atoms with Gasteiger partial charge in [-0.15, -0.1) is 0 Å². The van der Waals surface area contributed by atoms with Crippen LogP contribution in [0.2, 0.25) is 0 Å². The van der Waals surface area contributed by atoms with E-state index >= 15 is 0 Å². The van der Waals surface area contributed by atoms with E-state index in [1.807, 2.05) is 41.5 Å². The maximum Gasteiger partial charge on any atom is 0.123 e. The van der Waals surface area contributed by atoms with Crippen LogP contribution in [-0.2, 0) is 13.1 Å². The lowest BCUT2D eigenvalue weighted by Gasteiger charge is -1.97. The molecular formula is C13H13N3O. The summed E-state index contributed by atoms with van der Waals surface area (Å²) in [5, 5.41) is 4.17. The Bertz CT molecular complexity index is 513. The molecule has 17 heavy (non-hydrogen) atoms. The van der Waals surface area contributed by atoms with Crippen molar-refractivity contribution in [3.8, 4) is 0 Å². The van der Waals surface area contributed by atoms with Crippen LogP contribution in [0.25, 0.3) is 0 Å². The molecule has 3 aromatic rings. The van der Waals surface area contributed by atoms with Crippen molar-refractivity contribution in [2.24, 2.45) is 0 Å². The molecule has 0 saturated heterocycles. The lowest BCUT2D eigenvalue weighted by molar-refractivity contribution is 0.491. The molecule has 0 spiro atoms. The zero-order valence-corrected chi connectivity index (χ0v) is 9.36. The van der Waals surface area contributed by atoms with Gasteiger partial charge in [-0.25, -0.2) is 0 Å². The van der Waals surface area contributed by atoms with Crippen LogP contribution in [0.5, 0.6) is 0 Å². The summed E-state index contributed by atoms with van der Waals surface area (Å²) in [7, 11) is 0. The molecule has 4 nitrogen and oxygen atoms in total. The van der Waals surface area contributed by atoms with Gasteiger partial charge in [-0.2, -0.15) is 5.10 Å². The van der Waals surface area contributed by atoms with Crippen LogP contribution in [-0.4, -0.2) is 14.3 Å². The van der Waals surface area contributed by atoms with Crippen LogP contribution in [0.1, 0.15) is 11.3 Å². The van der Waals surface area contributed by atoms with Gasteiger partial charge in [0.1, 0.15) is 5.76 Å². The lowest BCUT2D eigenvalue weighted by Crippen LogP contribution is -1.98. The van der Waals surface area contributed by atoms with Crippen LogP contribution in [0.3, 0.4) is 0 Å². The van der Waals surface area contributed by atoms with Crippen LogP contribution >= 0.6 is 0 Å². The van der Waals surface area contributed by atoms with Crippen molar-refractivity contribution in [1.29, 1.82) is 0 Å². The Morgan fingerprint density at radius 2 is 1.94 bits per heavy atom. The minimum Gasteiger partial charge on any atom is -0.467 e. The minimum absolute atomic E-state index is 0.752. The average molecular weight is 227 g/mol. The summed E-state index contributed by atoms with van der Waals surface area (Å²) in [6.45, 7) is 1.52. The quantitative estimate of drug-likeness (QED) is 0.686. The minimum atomic E-state index is 0.752. The molecule has 0 atom stereocenters. The fourth-order valence-corrected chi connectivity index (χ4v) is 1.83. The number of rotatable bonds is 4. The Kier molecular flexibility index (Phi) is 2.54. The fraction of sp³-hybridized carbons (Fsp3) is 0.154. The molecule has 0 aliphatic carbocycles. The maximum absolute atomic E-state index is 5.52. The Morgan fingerprint density at radius 1 is 1.06 bits per heavy atom. The third-order valence-corrected chi connectivity index (χ3v) is 2.62. The van der Waals surface area contributed by atoms with Gasteiger partial charge in [-0.1, -0.05) is 0 Å². The highest BCUT2D eigenvalue weighted by Crippen LogP contribution is 2.11. The summed E-state index contributed by atoms with van der Waals surface area (Å²) < 4.78 is 9.48. The predicted molar refractivity (Wildman–Crippen MR) is 63.6 cm³/mol. The summed E-state index contributed by atoms with van der Waals surface area (Å²) >= 11 is 0. The van der Waals surface area contributed by atoms with Crippen molar-refractivity contribution in [2.75, 3.05) is 0 Å². The van der Waals surface area contributed by atoms with E-state index in [1.165, 1.54) is 0 Å². The van der Waals surface area contributed by atoms with Crippen LogP contribution in [0.15, 0.2) is 59.7 Å². The molecule has 0 aliphatic rings. The third kappa shape index (κ3) is 2.30. The van der Waals surface area contributed by atoms with E-state index in [2.05, 4.69) is 15.7 Å². The molecule has 0 N–H and O–H groups in total. The molecule has 0 fully saturated rings. The Labute approximate surface area is 99.1 Å². The van der Waals surface area contributed by atoms with Gasteiger partial charge in [0.2, 0.25) is 0 Å². The molecule has 4 heteroatoms. The molecule has 0 aliphatic heterocycles. The van der Waals surface area contributed by atoms with E-state index in [-0.39, 0.29) is 0 Å². The lowest BCUT2D eigenvalue weighted by atomic mass is 10.3. The molecule has 0 aromatic carbocycles. The van der Waals surface area contributed by atoms with Crippen molar-refractivity contribution in [1.82, 2.24) is 14.3 Å². The number of furan rings is 1. The second-order valence-corrected chi connectivity index (χ2v) is 3.98. The van der Waals surface area contributed by atoms with E-state index in [0.717, 1.165) is 24.4 Å². The first-order chi connectivity index (χ1) is 8.40. The number of hydrogen-bond donors (Lipinski definition) is 0. The zero-order valence-electron chi connectivity index (χ0n) is 9.36. The van der Waals surface area contributed by atoms with E-state index < -0.39 is 0 Å². The van der Waals surface area contributed by atoms with E-state index in [0.29, 0.717) is 0 Å². The summed E-state index contributed by atoms with van der Waals surface area (Å²) in [6.07, 6.45) is 9.56. The summed E-state index contributed by atoms with van der Waals surface area (Å²) in [4.78, 5) is 0. The van der Waals surface area contributed by atoms with Crippen LogP contribution in [0, 0.1) is 0 Å². The second kappa shape index (κ2) is 4.33. The normalized spacial score (nSPS) is 10.8. The summed E-state index contributed by atoms with van der Waals surface area (Å²) in [6, 6.07) is 8.00. The van der Waals surface area contributed by atoms with E-state index in [4.69, 9.17) is 4.42 Å². The summed E-state index contributed by atoms with van der Waals surface area (Å²) in [5.41, 5.74) is 1.14. The van der Waals surface area contributed by atoms with Gasteiger partial charge in [0.05, 0.1) is 19.4 Å². The smallest absolute Gasteiger partial charge is 0.123 e. The average Bonchev–Trinajstić information content (AvgIpc) is 3.02. The van der Waals surface area contributed by atoms with Gasteiger partial charge < -0.3 is 8.98 Å². The molecule has 86 valence electrons. The van der Waals surface area contributed by atoms with Crippen LogP contribution < -0.4 is 0 Å². The van der Waals surface area contributed by atoms with Crippen molar-refractivity contribution < 1.29 is 4.42 Å². The van der Waals surface area contributed by atoms with Gasteiger partial charge in [0.15, 0.2) is 0 Å². The number of nitrogens with zero attached hydrogens (tertiary/aromatic N) is 3. The number of hydrogen-bond acceptors (Lipinski definition) is 2. The van der Waals surface area contributed by atoms with Crippen molar-refractivity contribution in [3.05, 3.63) is 66.6 Å². The maximum atomic E-state index is 5.52. The topological polar surface area (TPSA) is 35.9 Å². The number of aromatic nitrogens is 3. The van der Waals surface area contributed by atoms with Gasteiger partial charge in [-0.3, -0.25) is 4.68 Å². The van der Waals surface area contributed by atoms with Crippen LogP contribution in [0.4, 0.5) is 0 Å².